The summed E-state index contributed by atoms with van der Waals surface area (Å²) in [5.41, 5.74) is 3.46. The van der Waals surface area contributed by atoms with Crippen LogP contribution in [-0.4, -0.2) is 29.8 Å². The van der Waals surface area contributed by atoms with Crippen molar-refractivity contribution >= 4 is 46.9 Å². The number of carbonyl (C=O) groups is 2. The monoisotopic (exact) mass is 474 g/mol. The first-order valence-corrected chi connectivity index (χ1v) is 12.2. The normalized spacial score (nSPS) is 16.9. The Morgan fingerprint density at radius 2 is 1.73 bits per heavy atom. The third kappa shape index (κ3) is 4.70. The van der Waals surface area contributed by atoms with Gasteiger partial charge in [0.05, 0.1) is 17.1 Å². The molecule has 0 aromatic heterocycles. The number of hydrogen-bond acceptors (Lipinski definition) is 3. The minimum Gasteiger partial charge on any atom is -0.339 e. The van der Waals surface area contributed by atoms with Crippen molar-refractivity contribution in [3.8, 4) is 0 Å². The third-order valence-electron chi connectivity index (χ3n) is 5.91. The van der Waals surface area contributed by atoms with Gasteiger partial charge in [-0.15, -0.1) is 0 Å². The van der Waals surface area contributed by atoms with Gasteiger partial charge in [0, 0.05) is 28.6 Å². The van der Waals surface area contributed by atoms with Crippen molar-refractivity contribution in [3.63, 3.8) is 0 Å². The number of amides is 2. The van der Waals surface area contributed by atoms with Crippen molar-refractivity contribution in [1.29, 1.82) is 0 Å². The zero-order chi connectivity index (χ0) is 22.8. The third-order valence-corrected chi connectivity index (χ3v) is 7.22. The Morgan fingerprint density at radius 1 is 0.970 bits per heavy atom. The summed E-state index contributed by atoms with van der Waals surface area (Å²) in [6.07, 6.45) is 4.04. The average Bonchev–Trinajstić information content (AvgIpc) is 3.37. The predicted molar refractivity (Wildman–Crippen MR) is 134 cm³/mol. The van der Waals surface area contributed by atoms with Crippen LogP contribution in [0.5, 0.6) is 0 Å². The number of halogens is 1. The molecule has 0 aliphatic carbocycles. The topological polar surface area (TPSA) is 40.6 Å². The molecule has 5 rings (SSSR count). The van der Waals surface area contributed by atoms with E-state index in [0.717, 1.165) is 47.6 Å². The summed E-state index contributed by atoms with van der Waals surface area (Å²) in [5.74, 6) is 0.0346. The molecule has 6 heteroatoms. The van der Waals surface area contributed by atoms with Crippen molar-refractivity contribution in [1.82, 2.24) is 4.90 Å². The number of likely N-dealkylation sites (tertiary alicyclic amines) is 1. The maximum absolute atomic E-state index is 13.5. The Balaban J connectivity index is 1.42. The molecule has 1 saturated heterocycles. The molecular formula is C27H23ClN2O2S. The zero-order valence-electron chi connectivity index (χ0n) is 18.0. The van der Waals surface area contributed by atoms with Crippen LogP contribution < -0.4 is 4.90 Å². The fourth-order valence-corrected chi connectivity index (χ4v) is 5.48. The summed E-state index contributed by atoms with van der Waals surface area (Å²) in [6.45, 7) is 2.10. The highest BCUT2D eigenvalue weighted by atomic mass is 35.5. The van der Waals surface area contributed by atoms with Gasteiger partial charge in [-0.1, -0.05) is 59.8 Å². The van der Waals surface area contributed by atoms with Gasteiger partial charge in [-0.3, -0.25) is 9.59 Å². The molecule has 2 aliphatic rings. The van der Waals surface area contributed by atoms with Gasteiger partial charge in [-0.25, -0.2) is 0 Å². The van der Waals surface area contributed by atoms with E-state index in [-0.39, 0.29) is 11.8 Å². The highest BCUT2D eigenvalue weighted by Crippen LogP contribution is 2.42. The summed E-state index contributed by atoms with van der Waals surface area (Å²) in [4.78, 5) is 31.5. The fraction of sp³-hybridized carbons (Fsp3) is 0.185. The van der Waals surface area contributed by atoms with Crippen LogP contribution in [0, 0.1) is 0 Å². The van der Waals surface area contributed by atoms with E-state index in [1.54, 1.807) is 4.90 Å². The molecular weight excluding hydrogens is 452 g/mol. The first kappa shape index (κ1) is 21.8. The van der Waals surface area contributed by atoms with Gasteiger partial charge in [0.1, 0.15) is 0 Å². The second-order valence-electron chi connectivity index (χ2n) is 8.22. The number of fused-ring (bicyclic) bond motifs is 1. The van der Waals surface area contributed by atoms with Gasteiger partial charge in [-0.2, -0.15) is 0 Å². The Hall–Kier alpha value is -3.02. The Bertz CT molecular complexity index is 1230. The molecule has 3 aromatic carbocycles. The summed E-state index contributed by atoms with van der Waals surface area (Å²) >= 11 is 7.64. The second-order valence-corrected chi connectivity index (χ2v) is 9.74. The number of thioether (sulfide) groups is 1. The Labute approximate surface area is 202 Å². The maximum Gasteiger partial charge on any atom is 0.265 e. The first-order valence-electron chi connectivity index (χ1n) is 11.0. The molecule has 0 spiro atoms. The molecule has 2 amide bonds. The smallest absolute Gasteiger partial charge is 0.265 e. The number of carbonyl (C=O) groups excluding carboxylic acids is 2. The van der Waals surface area contributed by atoms with Gasteiger partial charge in [0.2, 0.25) is 0 Å². The van der Waals surface area contributed by atoms with Crippen molar-refractivity contribution < 1.29 is 9.59 Å². The molecule has 2 heterocycles. The second kappa shape index (κ2) is 9.46. The lowest BCUT2D eigenvalue weighted by Crippen LogP contribution is -2.33. The lowest BCUT2D eigenvalue weighted by molar-refractivity contribution is -0.114. The quantitative estimate of drug-likeness (QED) is 0.419. The maximum atomic E-state index is 13.5. The van der Waals surface area contributed by atoms with Gasteiger partial charge >= 0.3 is 0 Å². The van der Waals surface area contributed by atoms with Crippen LogP contribution in [0.25, 0.3) is 6.08 Å². The van der Waals surface area contributed by atoms with E-state index in [1.165, 1.54) is 11.8 Å². The predicted octanol–water partition coefficient (Wildman–Crippen LogP) is 6.26. The number of benzene rings is 3. The molecule has 0 unspecified atom stereocenters. The van der Waals surface area contributed by atoms with Crippen LogP contribution in [0.15, 0.2) is 82.6 Å². The number of rotatable bonds is 4. The standard InChI is InChI=1S/C27H23ClN2O2S/c28-22-7-5-6-20(16-22)18-30-23-8-1-2-9-24(23)33-25(27(30)32)17-19-10-12-21(13-11-19)26(31)29-14-3-4-15-29/h1-2,5-13,16-17H,3-4,14-15,18H2/b25-17+. The molecule has 0 radical (unpaired) electrons. The fourth-order valence-electron chi connectivity index (χ4n) is 4.21. The summed E-state index contributed by atoms with van der Waals surface area (Å²) in [7, 11) is 0. The van der Waals surface area contributed by atoms with Gasteiger partial charge in [0.15, 0.2) is 0 Å². The van der Waals surface area contributed by atoms with Gasteiger partial charge in [-0.05, 0) is 66.4 Å². The van der Waals surface area contributed by atoms with Crippen LogP contribution in [0.1, 0.15) is 34.3 Å². The van der Waals surface area contributed by atoms with E-state index in [9.17, 15) is 9.59 Å². The highest BCUT2D eigenvalue weighted by molar-refractivity contribution is 8.04. The van der Waals surface area contributed by atoms with Crippen LogP contribution in [0.4, 0.5) is 5.69 Å². The van der Waals surface area contributed by atoms with Crippen LogP contribution >= 0.6 is 23.4 Å². The largest absolute Gasteiger partial charge is 0.339 e. The van der Waals surface area contributed by atoms with Crippen molar-refractivity contribution in [2.75, 3.05) is 18.0 Å². The Morgan fingerprint density at radius 3 is 2.48 bits per heavy atom. The van der Waals surface area contributed by atoms with Crippen LogP contribution in [-0.2, 0) is 11.3 Å². The molecule has 1 fully saturated rings. The number of anilines is 1. The van der Waals surface area contributed by atoms with E-state index in [2.05, 4.69) is 0 Å². The van der Waals surface area contributed by atoms with E-state index in [0.29, 0.717) is 22.0 Å². The first-order chi connectivity index (χ1) is 16.1. The molecule has 0 bridgehead atoms. The molecule has 33 heavy (non-hydrogen) atoms. The number of hydrogen-bond donors (Lipinski definition) is 0. The summed E-state index contributed by atoms with van der Waals surface area (Å²) < 4.78 is 0. The lowest BCUT2D eigenvalue weighted by atomic mass is 10.1. The van der Waals surface area contributed by atoms with Gasteiger partial charge < -0.3 is 9.80 Å². The van der Waals surface area contributed by atoms with Crippen LogP contribution in [0.3, 0.4) is 0 Å². The minimum absolute atomic E-state index is 0.0455. The molecule has 0 atom stereocenters. The van der Waals surface area contributed by atoms with E-state index >= 15 is 0 Å². The van der Waals surface area contributed by atoms with Crippen LogP contribution in [0.2, 0.25) is 5.02 Å². The lowest BCUT2D eigenvalue weighted by Gasteiger charge is -2.30. The van der Waals surface area contributed by atoms with Crippen molar-refractivity contribution in [2.24, 2.45) is 0 Å². The SMILES string of the molecule is O=C(c1ccc(/C=C2/Sc3ccccc3N(Cc3cccc(Cl)c3)C2=O)cc1)N1CCCC1. The number of para-hydroxylation sites is 1. The molecule has 3 aromatic rings. The van der Waals surface area contributed by atoms with Crippen molar-refractivity contribution in [3.05, 3.63) is 99.4 Å². The zero-order valence-corrected chi connectivity index (χ0v) is 19.6. The minimum atomic E-state index is -0.0455. The van der Waals surface area contributed by atoms with Gasteiger partial charge in [0.25, 0.3) is 11.8 Å². The number of nitrogens with zero attached hydrogens (tertiary/aromatic N) is 2. The Kier molecular flexibility index (Phi) is 6.25. The molecule has 2 aliphatic heterocycles. The molecule has 4 nitrogen and oxygen atoms in total. The van der Waals surface area contributed by atoms with E-state index in [1.807, 2.05) is 83.8 Å². The summed E-state index contributed by atoms with van der Waals surface area (Å²) in [6, 6.07) is 23.0. The molecule has 0 saturated carbocycles. The molecule has 166 valence electrons. The summed E-state index contributed by atoms with van der Waals surface area (Å²) in [5, 5.41) is 0.652. The average molecular weight is 475 g/mol. The van der Waals surface area contributed by atoms with E-state index < -0.39 is 0 Å². The molecule has 0 N–H and O–H groups in total. The highest BCUT2D eigenvalue weighted by Gasteiger charge is 2.29. The van der Waals surface area contributed by atoms with Crippen molar-refractivity contribution in [2.45, 2.75) is 24.3 Å². The van der Waals surface area contributed by atoms with E-state index in [4.69, 9.17) is 11.6 Å².